The fraction of sp³-hybridized carbons (Fsp3) is 0.625. The summed E-state index contributed by atoms with van der Waals surface area (Å²) < 4.78 is 0. The molecule has 2 aromatic rings. The Balaban J connectivity index is 1.65. The minimum absolute atomic E-state index is 0.462. The lowest BCUT2D eigenvalue weighted by molar-refractivity contribution is 0.135. The second-order valence-electron chi connectivity index (χ2n) is 5.95. The van der Waals surface area contributed by atoms with Crippen LogP contribution in [0.15, 0.2) is 18.5 Å². The standard InChI is InChI=1S/C16H25N5/c1-2-3-7-16-17-11-13(19-16)12-21-10-5-4-6-15(21)14-8-9-18-20-14/h8-9,11,15H,2-7,10,12H2,1H3,(H,17,19)(H,18,20)/t15-/m0/s1. The topological polar surface area (TPSA) is 60.6 Å². The number of aromatic amines is 2. The molecule has 5 heteroatoms. The van der Waals surface area contributed by atoms with Gasteiger partial charge in [0.15, 0.2) is 0 Å². The molecule has 0 radical (unpaired) electrons. The second kappa shape index (κ2) is 6.89. The molecule has 2 N–H and O–H groups in total. The molecule has 1 saturated heterocycles. The average molecular weight is 287 g/mol. The molecular weight excluding hydrogens is 262 g/mol. The van der Waals surface area contributed by atoms with E-state index in [4.69, 9.17) is 0 Å². The third-order valence-electron chi connectivity index (χ3n) is 4.32. The summed E-state index contributed by atoms with van der Waals surface area (Å²) in [4.78, 5) is 10.5. The minimum atomic E-state index is 0.462. The van der Waals surface area contributed by atoms with E-state index in [2.05, 4.69) is 38.1 Å². The number of imidazole rings is 1. The number of piperidine rings is 1. The predicted molar refractivity (Wildman–Crippen MR) is 82.8 cm³/mol. The summed E-state index contributed by atoms with van der Waals surface area (Å²) in [5.74, 6) is 1.13. The Bertz CT molecular complexity index is 531. The van der Waals surface area contributed by atoms with Crippen LogP contribution in [-0.2, 0) is 13.0 Å². The molecule has 0 bridgehead atoms. The smallest absolute Gasteiger partial charge is 0.106 e. The molecule has 21 heavy (non-hydrogen) atoms. The molecule has 5 nitrogen and oxygen atoms in total. The Kier molecular flexibility index (Phi) is 4.70. The van der Waals surface area contributed by atoms with Gasteiger partial charge in [-0.05, 0) is 31.9 Å². The van der Waals surface area contributed by atoms with Crippen LogP contribution in [0.3, 0.4) is 0 Å². The lowest BCUT2D eigenvalue weighted by Gasteiger charge is -2.34. The van der Waals surface area contributed by atoms with Crippen LogP contribution in [0.5, 0.6) is 0 Å². The van der Waals surface area contributed by atoms with E-state index in [1.54, 1.807) is 0 Å². The number of aryl methyl sites for hydroxylation is 1. The maximum atomic E-state index is 4.50. The molecule has 2 aromatic heterocycles. The van der Waals surface area contributed by atoms with Crippen LogP contribution in [0.2, 0.25) is 0 Å². The maximum Gasteiger partial charge on any atom is 0.106 e. The van der Waals surface area contributed by atoms with Gasteiger partial charge in [0, 0.05) is 31.1 Å². The van der Waals surface area contributed by atoms with E-state index in [-0.39, 0.29) is 0 Å². The molecule has 0 aliphatic carbocycles. The lowest BCUT2D eigenvalue weighted by atomic mass is 9.99. The van der Waals surface area contributed by atoms with Crippen molar-refractivity contribution in [2.45, 2.75) is 58.0 Å². The number of hydrogen-bond acceptors (Lipinski definition) is 3. The number of hydrogen-bond donors (Lipinski definition) is 2. The highest BCUT2D eigenvalue weighted by molar-refractivity contribution is 5.08. The highest BCUT2D eigenvalue weighted by Gasteiger charge is 2.25. The van der Waals surface area contributed by atoms with Gasteiger partial charge in [-0.15, -0.1) is 0 Å². The zero-order valence-corrected chi connectivity index (χ0v) is 12.8. The van der Waals surface area contributed by atoms with Gasteiger partial charge in [-0.2, -0.15) is 5.10 Å². The van der Waals surface area contributed by atoms with E-state index < -0.39 is 0 Å². The van der Waals surface area contributed by atoms with Gasteiger partial charge in [0.2, 0.25) is 0 Å². The Morgan fingerprint density at radius 3 is 3.14 bits per heavy atom. The Morgan fingerprint density at radius 1 is 1.38 bits per heavy atom. The predicted octanol–water partition coefficient (Wildman–Crippen LogP) is 3.20. The minimum Gasteiger partial charge on any atom is -0.345 e. The van der Waals surface area contributed by atoms with Crippen molar-refractivity contribution < 1.29 is 0 Å². The maximum absolute atomic E-state index is 4.50. The van der Waals surface area contributed by atoms with E-state index >= 15 is 0 Å². The van der Waals surface area contributed by atoms with Crippen molar-refractivity contribution in [2.75, 3.05) is 6.54 Å². The number of H-pyrrole nitrogens is 2. The summed E-state index contributed by atoms with van der Waals surface area (Å²) in [6.45, 7) is 4.31. The highest BCUT2D eigenvalue weighted by atomic mass is 15.2. The quantitative estimate of drug-likeness (QED) is 0.857. The fourth-order valence-corrected chi connectivity index (χ4v) is 3.16. The summed E-state index contributed by atoms with van der Waals surface area (Å²) in [6, 6.07) is 2.56. The fourth-order valence-electron chi connectivity index (χ4n) is 3.16. The van der Waals surface area contributed by atoms with Gasteiger partial charge in [-0.1, -0.05) is 19.8 Å². The summed E-state index contributed by atoms with van der Waals surface area (Å²) in [7, 11) is 0. The third kappa shape index (κ3) is 3.53. The number of unbranched alkanes of at least 4 members (excludes halogenated alkanes) is 1. The molecule has 0 saturated carbocycles. The number of rotatable bonds is 6. The van der Waals surface area contributed by atoms with Gasteiger partial charge < -0.3 is 4.98 Å². The van der Waals surface area contributed by atoms with E-state index in [1.165, 1.54) is 43.5 Å². The highest BCUT2D eigenvalue weighted by Crippen LogP contribution is 2.30. The summed E-state index contributed by atoms with van der Waals surface area (Å²) >= 11 is 0. The second-order valence-corrected chi connectivity index (χ2v) is 5.95. The summed E-state index contributed by atoms with van der Waals surface area (Å²) in [5.41, 5.74) is 2.47. The van der Waals surface area contributed by atoms with Crippen molar-refractivity contribution in [3.8, 4) is 0 Å². The molecule has 0 unspecified atom stereocenters. The van der Waals surface area contributed by atoms with Crippen LogP contribution in [0.1, 0.15) is 62.3 Å². The van der Waals surface area contributed by atoms with E-state index in [9.17, 15) is 0 Å². The molecule has 1 aliphatic heterocycles. The van der Waals surface area contributed by atoms with Crippen molar-refractivity contribution >= 4 is 0 Å². The van der Waals surface area contributed by atoms with Crippen molar-refractivity contribution in [1.82, 2.24) is 25.1 Å². The van der Waals surface area contributed by atoms with Crippen molar-refractivity contribution in [1.29, 1.82) is 0 Å². The van der Waals surface area contributed by atoms with Gasteiger partial charge in [-0.25, -0.2) is 4.98 Å². The first-order valence-corrected chi connectivity index (χ1v) is 8.13. The third-order valence-corrected chi connectivity index (χ3v) is 4.32. The number of likely N-dealkylation sites (tertiary alicyclic amines) is 1. The van der Waals surface area contributed by atoms with Gasteiger partial charge >= 0.3 is 0 Å². The molecule has 3 heterocycles. The lowest BCUT2D eigenvalue weighted by Crippen LogP contribution is -2.33. The van der Waals surface area contributed by atoms with Gasteiger partial charge in [-0.3, -0.25) is 10.00 Å². The molecular formula is C16H25N5. The van der Waals surface area contributed by atoms with Crippen molar-refractivity contribution in [3.05, 3.63) is 35.7 Å². The summed E-state index contributed by atoms with van der Waals surface area (Å²) in [6.07, 6.45) is 11.1. The monoisotopic (exact) mass is 287 g/mol. The zero-order chi connectivity index (χ0) is 14.5. The molecule has 0 spiro atoms. The first kappa shape index (κ1) is 14.3. The molecule has 1 atom stereocenters. The molecule has 3 rings (SSSR count). The van der Waals surface area contributed by atoms with Crippen LogP contribution >= 0.6 is 0 Å². The normalized spacial score (nSPS) is 20.0. The van der Waals surface area contributed by atoms with E-state index in [0.717, 1.165) is 25.3 Å². The van der Waals surface area contributed by atoms with Gasteiger partial charge in [0.25, 0.3) is 0 Å². The Morgan fingerprint density at radius 2 is 2.33 bits per heavy atom. The Hall–Kier alpha value is -1.62. The van der Waals surface area contributed by atoms with Gasteiger partial charge in [0.05, 0.1) is 11.7 Å². The van der Waals surface area contributed by atoms with Gasteiger partial charge in [0.1, 0.15) is 5.82 Å². The van der Waals surface area contributed by atoms with E-state index in [0.29, 0.717) is 6.04 Å². The van der Waals surface area contributed by atoms with E-state index in [1.807, 2.05) is 12.4 Å². The molecule has 114 valence electrons. The van der Waals surface area contributed by atoms with Crippen LogP contribution in [0, 0.1) is 0 Å². The zero-order valence-electron chi connectivity index (χ0n) is 12.8. The molecule has 1 aliphatic rings. The van der Waals surface area contributed by atoms with Crippen LogP contribution in [0.4, 0.5) is 0 Å². The average Bonchev–Trinajstić information content (AvgIpc) is 3.17. The molecule has 0 amide bonds. The first-order valence-electron chi connectivity index (χ1n) is 8.13. The molecule has 1 fully saturated rings. The number of aromatic nitrogens is 4. The number of nitrogens with zero attached hydrogens (tertiary/aromatic N) is 3. The van der Waals surface area contributed by atoms with Crippen molar-refractivity contribution in [2.24, 2.45) is 0 Å². The largest absolute Gasteiger partial charge is 0.345 e. The molecule has 0 aromatic carbocycles. The van der Waals surface area contributed by atoms with Crippen molar-refractivity contribution in [3.63, 3.8) is 0 Å². The Labute approximate surface area is 126 Å². The van der Waals surface area contributed by atoms with Crippen LogP contribution < -0.4 is 0 Å². The van der Waals surface area contributed by atoms with Crippen LogP contribution in [-0.4, -0.2) is 31.6 Å². The number of nitrogens with one attached hydrogen (secondary N) is 2. The first-order chi connectivity index (χ1) is 10.4. The summed E-state index contributed by atoms with van der Waals surface area (Å²) in [5, 5.41) is 7.24. The van der Waals surface area contributed by atoms with Crippen LogP contribution in [0.25, 0.3) is 0 Å². The SMILES string of the molecule is CCCCc1ncc(CN2CCCC[C@H]2c2ccn[nH]2)[nH]1.